The van der Waals surface area contributed by atoms with Gasteiger partial charge >= 0.3 is 0 Å². The maximum Gasteiger partial charge on any atom is 0.123 e. The Labute approximate surface area is 170 Å². The zero-order chi connectivity index (χ0) is 19.4. The molecule has 0 saturated carbocycles. The van der Waals surface area contributed by atoms with Gasteiger partial charge in [0.25, 0.3) is 0 Å². The first-order valence-corrected chi connectivity index (χ1v) is 10.4. The summed E-state index contributed by atoms with van der Waals surface area (Å²) in [7, 11) is 0. The van der Waals surface area contributed by atoms with Crippen molar-refractivity contribution < 1.29 is 14.6 Å². The van der Waals surface area contributed by atoms with E-state index in [4.69, 9.17) is 9.47 Å². The number of hydrogen-bond donors (Lipinski definition) is 1. The second kappa shape index (κ2) is 8.35. The molecule has 0 radical (unpaired) electrons. The number of rotatable bonds is 6. The summed E-state index contributed by atoms with van der Waals surface area (Å²) in [6.45, 7) is 5.24. The summed E-state index contributed by atoms with van der Waals surface area (Å²) in [5.41, 5.74) is 2.18. The zero-order valence-corrected chi connectivity index (χ0v) is 16.8. The number of para-hydroxylation sites is 1. The largest absolute Gasteiger partial charge is 0.492 e. The van der Waals surface area contributed by atoms with Crippen LogP contribution in [0.2, 0.25) is 0 Å². The molecule has 1 aromatic heterocycles. The Balaban J connectivity index is 1.49. The highest BCUT2D eigenvalue weighted by Crippen LogP contribution is 2.30. The van der Waals surface area contributed by atoms with Gasteiger partial charge in [-0.2, -0.15) is 11.3 Å². The summed E-state index contributed by atoms with van der Waals surface area (Å²) in [5.74, 6) is 1.65. The minimum Gasteiger partial charge on any atom is -0.492 e. The second-order valence-electron chi connectivity index (χ2n) is 7.39. The molecule has 4 rings (SSSR count). The summed E-state index contributed by atoms with van der Waals surface area (Å²) in [6.07, 6.45) is 0. The van der Waals surface area contributed by atoms with Crippen LogP contribution >= 0.6 is 11.3 Å². The molecule has 28 heavy (non-hydrogen) atoms. The van der Waals surface area contributed by atoms with Crippen molar-refractivity contribution in [3.63, 3.8) is 0 Å². The quantitative estimate of drug-likeness (QED) is 0.670. The Morgan fingerprint density at radius 1 is 1.18 bits per heavy atom. The number of thiophene rings is 1. The highest BCUT2D eigenvalue weighted by Gasteiger charge is 2.26. The molecule has 1 aliphatic heterocycles. The number of fused-ring (bicyclic) bond motifs is 1. The van der Waals surface area contributed by atoms with Gasteiger partial charge in [-0.25, -0.2) is 0 Å². The number of nitrogens with zero attached hydrogens (tertiary/aromatic N) is 1. The molecule has 0 saturated heterocycles. The van der Waals surface area contributed by atoms with E-state index in [1.807, 2.05) is 42.5 Å². The van der Waals surface area contributed by atoms with Gasteiger partial charge in [0.15, 0.2) is 0 Å². The lowest BCUT2D eigenvalue weighted by molar-refractivity contribution is 0.00748. The van der Waals surface area contributed by atoms with E-state index in [-0.39, 0.29) is 6.61 Å². The molecule has 146 valence electrons. The Hall–Kier alpha value is -2.34. The van der Waals surface area contributed by atoms with Crippen LogP contribution in [0.3, 0.4) is 0 Å². The first-order valence-electron chi connectivity index (χ1n) is 9.50. The Kier molecular flexibility index (Phi) is 5.67. The average molecular weight is 396 g/mol. The van der Waals surface area contributed by atoms with Gasteiger partial charge in [0.2, 0.25) is 0 Å². The molecule has 5 heteroatoms. The van der Waals surface area contributed by atoms with Crippen molar-refractivity contribution in [3.05, 3.63) is 82.0 Å². The lowest BCUT2D eigenvalue weighted by atomic mass is 9.94. The molecule has 1 aliphatic rings. The molecule has 0 bridgehead atoms. The van der Waals surface area contributed by atoms with Crippen LogP contribution in [-0.2, 0) is 18.7 Å². The molecule has 0 amide bonds. The van der Waals surface area contributed by atoms with Gasteiger partial charge < -0.3 is 14.6 Å². The Morgan fingerprint density at radius 3 is 2.82 bits per heavy atom. The number of aliphatic hydroxyl groups is 1. The lowest BCUT2D eigenvalue weighted by Gasteiger charge is -2.25. The van der Waals surface area contributed by atoms with Gasteiger partial charge in [0.05, 0.1) is 0 Å². The van der Waals surface area contributed by atoms with E-state index in [2.05, 4.69) is 27.8 Å². The van der Waals surface area contributed by atoms with Crippen LogP contribution in [0.15, 0.2) is 65.4 Å². The van der Waals surface area contributed by atoms with Crippen LogP contribution in [0, 0.1) is 0 Å². The minimum atomic E-state index is -1.09. The predicted octanol–water partition coefficient (Wildman–Crippen LogP) is 4.43. The van der Waals surface area contributed by atoms with Crippen molar-refractivity contribution in [2.24, 2.45) is 0 Å². The summed E-state index contributed by atoms with van der Waals surface area (Å²) < 4.78 is 11.7. The molecule has 0 spiro atoms. The van der Waals surface area contributed by atoms with Crippen LogP contribution in [-0.4, -0.2) is 29.8 Å². The molecule has 1 N–H and O–H groups in total. The zero-order valence-electron chi connectivity index (χ0n) is 16.0. The Morgan fingerprint density at radius 2 is 2.04 bits per heavy atom. The van der Waals surface area contributed by atoms with Crippen LogP contribution in [0.1, 0.15) is 23.6 Å². The summed E-state index contributed by atoms with van der Waals surface area (Å²) in [4.78, 5) is 2.38. The van der Waals surface area contributed by atoms with Crippen molar-refractivity contribution in [1.29, 1.82) is 0 Å². The predicted molar refractivity (Wildman–Crippen MR) is 112 cm³/mol. The van der Waals surface area contributed by atoms with E-state index in [0.29, 0.717) is 6.61 Å². The highest BCUT2D eigenvalue weighted by atomic mass is 32.1. The van der Waals surface area contributed by atoms with Crippen LogP contribution in [0.4, 0.5) is 0 Å². The molecule has 0 fully saturated rings. The van der Waals surface area contributed by atoms with Crippen molar-refractivity contribution >= 4 is 11.3 Å². The number of ether oxygens (including phenoxy) is 2. The van der Waals surface area contributed by atoms with Gasteiger partial charge in [-0.3, -0.25) is 4.90 Å². The van der Waals surface area contributed by atoms with Gasteiger partial charge in [0, 0.05) is 25.2 Å². The minimum absolute atomic E-state index is 0.190. The van der Waals surface area contributed by atoms with Crippen molar-refractivity contribution in [2.75, 3.05) is 19.8 Å². The molecule has 0 aliphatic carbocycles. The maximum absolute atomic E-state index is 11.0. The second-order valence-corrected chi connectivity index (χ2v) is 8.17. The first kappa shape index (κ1) is 19.0. The fourth-order valence-corrected chi connectivity index (χ4v) is 4.04. The van der Waals surface area contributed by atoms with E-state index in [0.717, 1.165) is 42.3 Å². The van der Waals surface area contributed by atoms with Crippen molar-refractivity contribution in [3.8, 4) is 11.5 Å². The summed E-state index contributed by atoms with van der Waals surface area (Å²) in [5, 5.41) is 15.3. The topological polar surface area (TPSA) is 41.9 Å². The van der Waals surface area contributed by atoms with E-state index in [1.54, 1.807) is 18.3 Å². The number of hydrogen-bond acceptors (Lipinski definition) is 5. The number of benzene rings is 2. The van der Waals surface area contributed by atoms with Gasteiger partial charge in [0.1, 0.15) is 30.3 Å². The first-order chi connectivity index (χ1) is 13.6. The standard InChI is InChI=1S/C23H25NO3S/c1-23(25,17-27-21-5-3-2-4-6-21)20-7-8-22-19(13-20)15-24(10-11-26-22)14-18-9-12-28-16-18/h2-9,12-13,16,25H,10-11,14-15,17H2,1H3. The molecular formula is C23H25NO3S. The van der Waals surface area contributed by atoms with E-state index in [1.165, 1.54) is 5.56 Å². The molecule has 1 atom stereocenters. The van der Waals surface area contributed by atoms with Gasteiger partial charge in [-0.05, 0) is 59.1 Å². The molecule has 2 aromatic carbocycles. The van der Waals surface area contributed by atoms with Crippen LogP contribution < -0.4 is 9.47 Å². The molecular weight excluding hydrogens is 370 g/mol. The lowest BCUT2D eigenvalue weighted by Crippen LogP contribution is -2.30. The third-order valence-corrected chi connectivity index (χ3v) is 5.72. The van der Waals surface area contributed by atoms with Crippen LogP contribution in [0.25, 0.3) is 0 Å². The monoisotopic (exact) mass is 395 g/mol. The van der Waals surface area contributed by atoms with E-state index < -0.39 is 5.60 Å². The molecule has 2 heterocycles. The maximum atomic E-state index is 11.0. The third-order valence-electron chi connectivity index (χ3n) is 4.99. The van der Waals surface area contributed by atoms with Crippen LogP contribution in [0.5, 0.6) is 11.5 Å². The van der Waals surface area contributed by atoms with Gasteiger partial charge in [-0.1, -0.05) is 24.3 Å². The summed E-state index contributed by atoms with van der Waals surface area (Å²) >= 11 is 1.72. The Bertz CT molecular complexity index is 893. The smallest absolute Gasteiger partial charge is 0.123 e. The normalized spacial score (nSPS) is 16.5. The molecule has 4 nitrogen and oxygen atoms in total. The summed E-state index contributed by atoms with van der Waals surface area (Å²) in [6, 6.07) is 17.7. The van der Waals surface area contributed by atoms with Gasteiger partial charge in [-0.15, -0.1) is 0 Å². The third kappa shape index (κ3) is 4.55. The fraction of sp³-hybridized carbons (Fsp3) is 0.304. The van der Waals surface area contributed by atoms with E-state index >= 15 is 0 Å². The molecule has 1 unspecified atom stereocenters. The van der Waals surface area contributed by atoms with E-state index in [9.17, 15) is 5.11 Å². The van der Waals surface area contributed by atoms with Crippen molar-refractivity contribution in [2.45, 2.75) is 25.6 Å². The SMILES string of the molecule is CC(O)(COc1ccccc1)c1ccc2c(c1)CN(Cc1ccsc1)CCO2. The highest BCUT2D eigenvalue weighted by molar-refractivity contribution is 7.07. The average Bonchev–Trinajstić information content (AvgIpc) is 3.12. The molecule has 3 aromatic rings. The fourth-order valence-electron chi connectivity index (χ4n) is 3.38. The van der Waals surface area contributed by atoms with Crippen molar-refractivity contribution in [1.82, 2.24) is 4.90 Å².